The second kappa shape index (κ2) is 6.99. The predicted octanol–water partition coefficient (Wildman–Crippen LogP) is 2.25. The zero-order chi connectivity index (χ0) is 15.3. The van der Waals surface area contributed by atoms with Crippen LogP contribution in [0, 0.1) is 0 Å². The second-order valence-corrected chi connectivity index (χ2v) is 7.13. The molecule has 1 atom stereocenters. The monoisotopic (exact) mass is 326 g/mol. The van der Waals surface area contributed by atoms with Crippen LogP contribution in [-0.4, -0.2) is 13.4 Å². The molecule has 0 fully saturated rings. The Labute approximate surface area is 128 Å². The van der Waals surface area contributed by atoms with E-state index >= 15 is 0 Å². The van der Waals surface area contributed by atoms with E-state index in [4.69, 9.17) is 5.84 Å². The molecule has 0 aromatic carbocycles. The van der Waals surface area contributed by atoms with Crippen molar-refractivity contribution < 1.29 is 8.42 Å². The molecule has 2 heterocycles. The Morgan fingerprint density at radius 1 is 1.38 bits per heavy atom. The number of nitrogens with two attached hydrogens (primary N) is 1. The van der Waals surface area contributed by atoms with Crippen LogP contribution in [0.15, 0.2) is 40.7 Å². The quantitative estimate of drug-likeness (QED) is 0.535. The van der Waals surface area contributed by atoms with Crippen LogP contribution in [0.2, 0.25) is 0 Å². The molecule has 6 nitrogen and oxygen atoms in total. The van der Waals surface area contributed by atoms with Crippen molar-refractivity contribution in [1.29, 1.82) is 0 Å². The molecule has 0 amide bonds. The van der Waals surface area contributed by atoms with Crippen molar-refractivity contribution in [3.05, 3.63) is 40.7 Å². The summed E-state index contributed by atoms with van der Waals surface area (Å²) in [5.41, 5.74) is 2.31. The van der Waals surface area contributed by atoms with Crippen LogP contribution in [0.5, 0.6) is 0 Å². The Morgan fingerprint density at radius 3 is 2.81 bits per heavy atom. The maximum Gasteiger partial charge on any atom is 0.244 e. The minimum Gasteiger partial charge on any atom is -0.307 e. The van der Waals surface area contributed by atoms with Gasteiger partial charge in [0.05, 0.1) is 6.04 Å². The summed E-state index contributed by atoms with van der Waals surface area (Å²) in [4.78, 5) is 4.97. The third-order valence-electron chi connectivity index (χ3n) is 2.96. The SMILES string of the molecule is CCCC(NS(=O)(=O)c1cccnc1NN)c1cccs1. The summed E-state index contributed by atoms with van der Waals surface area (Å²) < 4.78 is 27.8. The summed E-state index contributed by atoms with van der Waals surface area (Å²) in [5, 5.41) is 1.93. The van der Waals surface area contributed by atoms with Gasteiger partial charge in [-0.3, -0.25) is 0 Å². The number of sulfonamides is 1. The lowest BCUT2D eigenvalue weighted by Gasteiger charge is -2.17. The van der Waals surface area contributed by atoms with E-state index in [1.807, 2.05) is 24.4 Å². The summed E-state index contributed by atoms with van der Waals surface area (Å²) >= 11 is 1.53. The van der Waals surface area contributed by atoms with Crippen LogP contribution in [0.25, 0.3) is 0 Å². The molecule has 4 N–H and O–H groups in total. The highest BCUT2D eigenvalue weighted by Gasteiger charge is 2.24. The number of hydrogen-bond acceptors (Lipinski definition) is 6. The number of hydrogen-bond donors (Lipinski definition) is 3. The first-order chi connectivity index (χ1) is 10.1. The van der Waals surface area contributed by atoms with E-state index < -0.39 is 10.0 Å². The molecule has 0 saturated heterocycles. The maximum absolute atomic E-state index is 12.6. The van der Waals surface area contributed by atoms with Crippen LogP contribution in [0.1, 0.15) is 30.7 Å². The standard InChI is InChI=1S/C13H18N4O2S2/c1-2-5-10(11-6-4-9-20-11)17-21(18,19)12-7-3-8-15-13(12)16-14/h3-4,6-10,17H,2,5,14H2,1H3,(H,15,16). The minimum absolute atomic E-state index is 0.0464. The molecular formula is C13H18N4O2S2. The Kier molecular flexibility index (Phi) is 5.29. The van der Waals surface area contributed by atoms with Crippen LogP contribution < -0.4 is 16.0 Å². The van der Waals surface area contributed by atoms with E-state index in [9.17, 15) is 8.42 Å². The van der Waals surface area contributed by atoms with Gasteiger partial charge in [-0.05, 0) is 30.0 Å². The lowest BCUT2D eigenvalue weighted by atomic mass is 10.1. The van der Waals surface area contributed by atoms with Crippen molar-refractivity contribution >= 4 is 27.2 Å². The fourth-order valence-electron chi connectivity index (χ4n) is 2.00. The van der Waals surface area contributed by atoms with Crippen LogP contribution in [-0.2, 0) is 10.0 Å². The number of thiophene rings is 1. The topological polar surface area (TPSA) is 97.1 Å². The molecule has 0 saturated carbocycles. The van der Waals surface area contributed by atoms with Gasteiger partial charge < -0.3 is 5.43 Å². The summed E-state index contributed by atoms with van der Waals surface area (Å²) in [6.07, 6.45) is 3.09. The number of aromatic nitrogens is 1. The average molecular weight is 326 g/mol. The number of hydrazine groups is 1. The minimum atomic E-state index is -3.70. The van der Waals surface area contributed by atoms with Gasteiger partial charge >= 0.3 is 0 Å². The number of nitrogens with zero attached hydrogens (tertiary/aromatic N) is 1. The zero-order valence-electron chi connectivity index (χ0n) is 11.6. The van der Waals surface area contributed by atoms with Crippen molar-refractivity contribution in [3.63, 3.8) is 0 Å². The number of nitrogen functional groups attached to an aromatic ring is 1. The Bertz CT molecular complexity index is 671. The fraction of sp³-hybridized carbons (Fsp3) is 0.308. The molecule has 0 spiro atoms. The van der Waals surface area contributed by atoms with E-state index in [-0.39, 0.29) is 16.8 Å². The average Bonchev–Trinajstić information content (AvgIpc) is 3.01. The molecule has 0 aliphatic carbocycles. The van der Waals surface area contributed by atoms with Gasteiger partial charge in [0.2, 0.25) is 10.0 Å². The fourth-order valence-corrected chi connectivity index (χ4v) is 4.26. The lowest BCUT2D eigenvalue weighted by molar-refractivity contribution is 0.540. The molecule has 1 unspecified atom stereocenters. The summed E-state index contributed by atoms with van der Waals surface area (Å²) in [5.74, 6) is 5.46. The second-order valence-electron chi connectivity index (χ2n) is 4.47. The zero-order valence-corrected chi connectivity index (χ0v) is 13.2. The van der Waals surface area contributed by atoms with E-state index in [0.29, 0.717) is 0 Å². The van der Waals surface area contributed by atoms with Gasteiger partial charge in [0.1, 0.15) is 4.90 Å². The highest BCUT2D eigenvalue weighted by molar-refractivity contribution is 7.89. The molecule has 21 heavy (non-hydrogen) atoms. The van der Waals surface area contributed by atoms with Crippen LogP contribution in [0.3, 0.4) is 0 Å². The first kappa shape index (κ1) is 15.9. The number of nitrogens with one attached hydrogen (secondary N) is 2. The third-order valence-corrected chi connectivity index (χ3v) is 5.45. The van der Waals surface area contributed by atoms with Crippen LogP contribution in [0.4, 0.5) is 5.82 Å². The van der Waals surface area contributed by atoms with Crippen molar-refractivity contribution in [2.75, 3.05) is 5.43 Å². The molecule has 0 radical (unpaired) electrons. The van der Waals surface area contributed by atoms with Gasteiger partial charge in [-0.2, -0.15) is 0 Å². The first-order valence-corrected chi connectivity index (χ1v) is 8.92. The van der Waals surface area contributed by atoms with Crippen molar-refractivity contribution in [2.45, 2.75) is 30.7 Å². The molecule has 0 aliphatic heterocycles. The van der Waals surface area contributed by atoms with Crippen molar-refractivity contribution in [3.8, 4) is 0 Å². The summed E-state index contributed by atoms with van der Waals surface area (Å²) in [7, 11) is -3.70. The molecule has 0 aliphatic rings. The Balaban J connectivity index is 2.30. The summed E-state index contributed by atoms with van der Waals surface area (Å²) in [6.45, 7) is 2.02. The highest BCUT2D eigenvalue weighted by atomic mass is 32.2. The first-order valence-electron chi connectivity index (χ1n) is 6.56. The number of anilines is 1. The van der Waals surface area contributed by atoms with Gasteiger partial charge in [0.25, 0.3) is 0 Å². The van der Waals surface area contributed by atoms with Gasteiger partial charge in [-0.15, -0.1) is 11.3 Å². The van der Waals surface area contributed by atoms with E-state index in [1.165, 1.54) is 23.6 Å². The number of pyridine rings is 1. The lowest BCUT2D eigenvalue weighted by Crippen LogP contribution is -2.29. The Hall–Kier alpha value is -1.48. The van der Waals surface area contributed by atoms with Crippen LogP contribution >= 0.6 is 11.3 Å². The van der Waals surface area contributed by atoms with Gasteiger partial charge in [-0.25, -0.2) is 24.0 Å². The van der Waals surface area contributed by atoms with Crippen molar-refractivity contribution in [2.24, 2.45) is 5.84 Å². The molecular weight excluding hydrogens is 308 g/mol. The van der Waals surface area contributed by atoms with Gasteiger partial charge in [0, 0.05) is 11.1 Å². The predicted molar refractivity (Wildman–Crippen MR) is 84.3 cm³/mol. The molecule has 2 rings (SSSR count). The summed E-state index contributed by atoms with van der Waals surface area (Å²) in [6, 6.07) is 6.63. The molecule has 114 valence electrons. The normalized spacial score (nSPS) is 13.0. The van der Waals surface area contributed by atoms with Gasteiger partial charge in [0.15, 0.2) is 5.82 Å². The Morgan fingerprint density at radius 2 is 2.19 bits per heavy atom. The molecule has 8 heteroatoms. The van der Waals surface area contributed by atoms with Gasteiger partial charge in [-0.1, -0.05) is 19.4 Å². The van der Waals surface area contributed by atoms with E-state index in [1.54, 1.807) is 6.07 Å². The van der Waals surface area contributed by atoms with Crippen molar-refractivity contribution in [1.82, 2.24) is 9.71 Å². The molecule has 2 aromatic rings. The molecule has 0 bridgehead atoms. The largest absolute Gasteiger partial charge is 0.307 e. The maximum atomic E-state index is 12.6. The smallest absolute Gasteiger partial charge is 0.244 e. The van der Waals surface area contributed by atoms with E-state index in [2.05, 4.69) is 15.1 Å². The molecule has 2 aromatic heterocycles. The van der Waals surface area contributed by atoms with E-state index in [0.717, 1.165) is 17.7 Å². The third kappa shape index (κ3) is 3.79. The number of rotatable bonds is 7. The highest BCUT2D eigenvalue weighted by Crippen LogP contribution is 2.26.